The number of hydrogen-bond acceptors (Lipinski definition) is 3. The molecule has 0 saturated carbocycles. The Balaban J connectivity index is 4.66. The van der Waals surface area contributed by atoms with E-state index in [2.05, 4.69) is 38.3 Å². The third kappa shape index (κ3) is 4.07. The summed E-state index contributed by atoms with van der Waals surface area (Å²) in [6.45, 7) is 10.4. The van der Waals surface area contributed by atoms with Gasteiger partial charge in [0.15, 0.2) is 5.78 Å². The van der Waals surface area contributed by atoms with Crippen LogP contribution in [0.4, 0.5) is 0 Å². The fraction of sp³-hybridized carbons (Fsp3) is 0.929. The Kier molecular flexibility index (Phi) is 7.64. The molecule has 102 valence electrons. The van der Waals surface area contributed by atoms with Gasteiger partial charge < -0.3 is 10.6 Å². The summed E-state index contributed by atoms with van der Waals surface area (Å²) in [4.78, 5) is 12.5. The second-order valence-corrected chi connectivity index (χ2v) is 4.81. The number of likely N-dealkylation sites (N-methyl/N-ethyl adjacent to an activating group) is 1. The summed E-state index contributed by atoms with van der Waals surface area (Å²) in [6, 6.07) is 0.365. The molecule has 0 spiro atoms. The van der Waals surface area contributed by atoms with E-state index < -0.39 is 0 Å². The lowest BCUT2D eigenvalue weighted by atomic mass is 9.84. The van der Waals surface area contributed by atoms with E-state index in [9.17, 15) is 4.79 Å². The number of hydrogen-bond donors (Lipinski definition) is 2. The number of nitrogens with one attached hydrogen (secondary N) is 2. The van der Waals surface area contributed by atoms with Gasteiger partial charge in [-0.25, -0.2) is 0 Å². The van der Waals surface area contributed by atoms with Crippen LogP contribution < -0.4 is 10.6 Å². The smallest absolute Gasteiger partial charge is 0.169 e. The summed E-state index contributed by atoms with van der Waals surface area (Å²) in [6.07, 6.45) is 3.82. The zero-order valence-electron chi connectivity index (χ0n) is 12.4. The largest absolute Gasteiger partial charge is 0.308 e. The highest BCUT2D eigenvalue weighted by Gasteiger charge is 2.36. The van der Waals surface area contributed by atoms with E-state index in [4.69, 9.17) is 0 Å². The highest BCUT2D eigenvalue weighted by molar-refractivity contribution is 5.92. The van der Waals surface area contributed by atoms with Crippen LogP contribution in [0.2, 0.25) is 0 Å². The van der Waals surface area contributed by atoms with E-state index in [1.807, 2.05) is 14.0 Å². The molecule has 0 fully saturated rings. The summed E-state index contributed by atoms with van der Waals surface area (Å²) < 4.78 is 0. The maximum atomic E-state index is 12.5. The molecule has 0 amide bonds. The van der Waals surface area contributed by atoms with Crippen molar-refractivity contribution in [3.8, 4) is 0 Å². The van der Waals surface area contributed by atoms with Crippen molar-refractivity contribution in [1.82, 2.24) is 10.6 Å². The summed E-state index contributed by atoms with van der Waals surface area (Å²) in [5, 5.41) is 6.65. The third-order valence-corrected chi connectivity index (χ3v) is 4.02. The van der Waals surface area contributed by atoms with Gasteiger partial charge in [0.05, 0.1) is 11.6 Å². The predicted molar refractivity (Wildman–Crippen MR) is 74.3 cm³/mol. The molecular weight excluding hydrogens is 212 g/mol. The van der Waals surface area contributed by atoms with Crippen molar-refractivity contribution >= 4 is 5.78 Å². The molecule has 0 radical (unpaired) electrons. The molecule has 0 aromatic heterocycles. The van der Waals surface area contributed by atoms with Crippen molar-refractivity contribution in [3.63, 3.8) is 0 Å². The Morgan fingerprint density at radius 2 is 1.59 bits per heavy atom. The van der Waals surface area contributed by atoms with Crippen LogP contribution in [-0.4, -0.2) is 30.5 Å². The Morgan fingerprint density at radius 1 is 1.12 bits per heavy atom. The fourth-order valence-electron chi connectivity index (χ4n) is 2.44. The first kappa shape index (κ1) is 16.6. The quantitative estimate of drug-likeness (QED) is 0.653. The Morgan fingerprint density at radius 3 is 1.88 bits per heavy atom. The molecule has 0 rings (SSSR count). The molecule has 1 unspecified atom stereocenters. The second kappa shape index (κ2) is 7.83. The van der Waals surface area contributed by atoms with Crippen molar-refractivity contribution in [3.05, 3.63) is 0 Å². The molecule has 0 saturated heterocycles. The average Bonchev–Trinajstić information content (AvgIpc) is 2.38. The molecular formula is C14H30N2O. The lowest BCUT2D eigenvalue weighted by Gasteiger charge is -2.33. The van der Waals surface area contributed by atoms with Crippen LogP contribution in [-0.2, 0) is 4.79 Å². The number of Topliss-reactive ketones (excluding diaryl/α,β-unsaturated/α-hetero) is 1. The summed E-state index contributed by atoms with van der Waals surface area (Å²) in [5.74, 6) is 0.289. The van der Waals surface area contributed by atoms with Gasteiger partial charge in [0.2, 0.25) is 0 Å². The summed E-state index contributed by atoms with van der Waals surface area (Å²) in [7, 11) is 1.88. The zero-order chi connectivity index (χ0) is 13.5. The van der Waals surface area contributed by atoms with Gasteiger partial charge in [-0.15, -0.1) is 0 Å². The monoisotopic (exact) mass is 242 g/mol. The SMILES string of the molecule is CCC(CC)NC(C)C(=O)C(CC)(CC)NC. The van der Waals surface area contributed by atoms with Gasteiger partial charge in [-0.3, -0.25) is 4.79 Å². The molecule has 0 bridgehead atoms. The van der Waals surface area contributed by atoms with Gasteiger partial charge in [0.1, 0.15) is 0 Å². The normalized spacial score (nSPS) is 14.1. The van der Waals surface area contributed by atoms with E-state index >= 15 is 0 Å². The first-order valence-electron chi connectivity index (χ1n) is 7.00. The molecule has 0 aliphatic heterocycles. The minimum absolute atomic E-state index is 0.0766. The van der Waals surface area contributed by atoms with Crippen LogP contribution >= 0.6 is 0 Å². The molecule has 1 atom stereocenters. The number of rotatable bonds is 9. The van der Waals surface area contributed by atoms with Crippen LogP contribution in [0.5, 0.6) is 0 Å². The fourth-order valence-corrected chi connectivity index (χ4v) is 2.44. The van der Waals surface area contributed by atoms with E-state index in [0.717, 1.165) is 25.7 Å². The van der Waals surface area contributed by atoms with Crippen molar-refractivity contribution in [1.29, 1.82) is 0 Å². The van der Waals surface area contributed by atoms with Crippen LogP contribution in [0.3, 0.4) is 0 Å². The topological polar surface area (TPSA) is 41.1 Å². The lowest BCUT2D eigenvalue weighted by molar-refractivity contribution is -0.127. The predicted octanol–water partition coefficient (Wildman–Crippen LogP) is 2.50. The Hall–Kier alpha value is -0.410. The van der Waals surface area contributed by atoms with E-state index in [0.29, 0.717) is 6.04 Å². The van der Waals surface area contributed by atoms with Crippen molar-refractivity contribution in [2.24, 2.45) is 0 Å². The van der Waals surface area contributed by atoms with Crippen molar-refractivity contribution < 1.29 is 4.79 Å². The highest BCUT2D eigenvalue weighted by atomic mass is 16.1. The van der Waals surface area contributed by atoms with Gasteiger partial charge in [0.25, 0.3) is 0 Å². The van der Waals surface area contributed by atoms with Gasteiger partial charge in [-0.1, -0.05) is 27.7 Å². The van der Waals surface area contributed by atoms with E-state index in [1.54, 1.807) is 0 Å². The van der Waals surface area contributed by atoms with E-state index in [1.165, 1.54) is 0 Å². The Labute approximate surface area is 107 Å². The molecule has 3 heteroatoms. The van der Waals surface area contributed by atoms with Crippen molar-refractivity contribution in [2.45, 2.75) is 77.9 Å². The molecule has 17 heavy (non-hydrogen) atoms. The van der Waals surface area contributed by atoms with Crippen LogP contribution in [0.1, 0.15) is 60.3 Å². The Bertz CT molecular complexity index is 212. The lowest BCUT2D eigenvalue weighted by Crippen LogP contribution is -2.57. The number of ketones is 1. The first-order chi connectivity index (χ1) is 8.01. The first-order valence-corrected chi connectivity index (χ1v) is 7.00. The van der Waals surface area contributed by atoms with Gasteiger partial charge >= 0.3 is 0 Å². The maximum absolute atomic E-state index is 12.5. The maximum Gasteiger partial charge on any atom is 0.169 e. The molecule has 0 aromatic rings. The average molecular weight is 242 g/mol. The highest BCUT2D eigenvalue weighted by Crippen LogP contribution is 2.18. The molecule has 0 heterocycles. The molecule has 3 nitrogen and oxygen atoms in total. The number of carbonyl (C=O) groups is 1. The van der Waals surface area contributed by atoms with Crippen molar-refractivity contribution in [2.75, 3.05) is 7.05 Å². The molecule has 0 aliphatic rings. The van der Waals surface area contributed by atoms with Gasteiger partial charge in [0, 0.05) is 6.04 Å². The van der Waals surface area contributed by atoms with Crippen LogP contribution in [0, 0.1) is 0 Å². The van der Waals surface area contributed by atoms with Gasteiger partial charge in [-0.2, -0.15) is 0 Å². The third-order valence-electron chi connectivity index (χ3n) is 4.02. The van der Waals surface area contributed by atoms with E-state index in [-0.39, 0.29) is 17.4 Å². The minimum Gasteiger partial charge on any atom is -0.308 e. The van der Waals surface area contributed by atoms with Gasteiger partial charge in [-0.05, 0) is 39.7 Å². The van der Waals surface area contributed by atoms with Crippen LogP contribution in [0.25, 0.3) is 0 Å². The second-order valence-electron chi connectivity index (χ2n) is 4.81. The molecule has 0 aromatic carbocycles. The zero-order valence-corrected chi connectivity index (χ0v) is 12.4. The molecule has 2 N–H and O–H groups in total. The molecule has 0 aliphatic carbocycles. The summed E-state index contributed by atoms with van der Waals surface area (Å²) >= 11 is 0. The minimum atomic E-state index is -0.363. The summed E-state index contributed by atoms with van der Waals surface area (Å²) in [5.41, 5.74) is -0.363. The van der Waals surface area contributed by atoms with Crippen LogP contribution in [0.15, 0.2) is 0 Å². The standard InChI is InChI=1S/C14H30N2O/c1-7-12(8-2)16-11(5)13(17)14(9-3,10-4)15-6/h11-12,15-16H,7-10H2,1-6H3. The number of carbonyl (C=O) groups excluding carboxylic acids is 1.